The van der Waals surface area contributed by atoms with Crippen LogP contribution < -0.4 is 0 Å². The molecule has 0 N–H and O–H groups in total. The number of furan rings is 1. The lowest BCUT2D eigenvalue weighted by Gasteiger charge is -2.26. The van der Waals surface area contributed by atoms with Gasteiger partial charge in [0.1, 0.15) is 20.9 Å². The molecule has 10 aromatic rings. The van der Waals surface area contributed by atoms with E-state index in [1.54, 1.807) is 0 Å². The Bertz CT molecular complexity index is 3280. The molecule has 9 aromatic carbocycles. The van der Waals surface area contributed by atoms with E-state index >= 15 is 4.21 Å². The number of rotatable bonds is 4. The maximum atomic E-state index is 15.9. The topological polar surface area (TPSA) is 42.6 Å². The minimum atomic E-state index is -3.17. The molecule has 54 heavy (non-hydrogen) atoms. The average molecular weight is 710 g/mol. The van der Waals surface area contributed by atoms with E-state index in [4.69, 9.17) is 8.78 Å². The first-order chi connectivity index (χ1) is 26.7. The Kier molecular flexibility index (Phi) is 6.79. The molecule has 0 saturated carbocycles. The van der Waals surface area contributed by atoms with Gasteiger partial charge < -0.3 is 4.42 Å². The summed E-state index contributed by atoms with van der Waals surface area (Å²) in [6.45, 7) is 0. The van der Waals surface area contributed by atoms with Gasteiger partial charge in [0, 0.05) is 27.5 Å². The van der Waals surface area contributed by atoms with Crippen molar-refractivity contribution in [3.8, 4) is 11.1 Å². The van der Waals surface area contributed by atoms with Crippen molar-refractivity contribution in [1.82, 2.24) is 0 Å². The van der Waals surface area contributed by atoms with Crippen molar-refractivity contribution in [2.75, 3.05) is 0 Å². The fourth-order valence-electron chi connectivity index (χ4n) is 8.44. The zero-order valence-electron chi connectivity index (χ0n) is 29.1. The number of fused-ring (bicyclic) bond motifs is 10. The van der Waals surface area contributed by atoms with E-state index in [1.807, 2.05) is 78.9 Å². The zero-order chi connectivity index (χ0) is 35.8. The standard InChI is InChI=1S/C50H31NO2S/c52-54(35-16-5-2-6-17-35)50(48(32-14-3-1-4-15-32)41-22-11-12-24-45(41)51-54)42-23-13-25-47-49(42)44-31-34(27-29-46(44)53-47)33-26-28-40-38-20-8-7-18-36(38)37-19-9-10-21-39(37)43(40)30-33/h1-31H. The molecular formula is C50H31NO2S. The molecule has 254 valence electrons. The first kappa shape index (κ1) is 30.8. The lowest BCUT2D eigenvalue weighted by Crippen LogP contribution is -2.11. The first-order valence-corrected chi connectivity index (χ1v) is 19.7. The van der Waals surface area contributed by atoms with Gasteiger partial charge in [-0.3, -0.25) is 0 Å². The maximum Gasteiger partial charge on any atom is 0.136 e. The highest BCUT2D eigenvalue weighted by molar-refractivity contribution is 8.03. The summed E-state index contributed by atoms with van der Waals surface area (Å²) in [4.78, 5) is 1.37. The highest BCUT2D eigenvalue weighted by Gasteiger charge is 2.33. The van der Waals surface area contributed by atoms with E-state index in [1.165, 1.54) is 32.3 Å². The van der Waals surface area contributed by atoms with Crippen molar-refractivity contribution < 1.29 is 8.63 Å². The molecule has 0 saturated heterocycles. The first-order valence-electron chi connectivity index (χ1n) is 18.2. The predicted molar refractivity (Wildman–Crippen MR) is 225 cm³/mol. The van der Waals surface area contributed by atoms with E-state index in [0.29, 0.717) is 9.80 Å². The Balaban J connectivity index is 1.21. The minimum absolute atomic E-state index is 0.671. The van der Waals surface area contributed by atoms with Crippen LogP contribution in [0.4, 0.5) is 5.69 Å². The highest BCUT2D eigenvalue weighted by atomic mass is 32.2. The van der Waals surface area contributed by atoms with Crippen molar-refractivity contribution in [3.05, 3.63) is 205 Å². The van der Waals surface area contributed by atoms with Crippen LogP contribution >= 0.6 is 0 Å². The molecule has 0 spiro atoms. The molecule has 0 amide bonds. The molecule has 1 aliphatic rings. The van der Waals surface area contributed by atoms with Gasteiger partial charge in [0.05, 0.1) is 15.5 Å². The van der Waals surface area contributed by atoms with E-state index in [2.05, 4.69) is 109 Å². The molecular weight excluding hydrogens is 679 g/mol. The molecule has 2 heterocycles. The quantitative estimate of drug-likeness (QED) is 0.171. The Morgan fingerprint density at radius 3 is 1.69 bits per heavy atom. The molecule has 3 nitrogen and oxygen atoms in total. The predicted octanol–water partition coefficient (Wildman–Crippen LogP) is 13.8. The Hall–Kier alpha value is -6.75. The second-order valence-electron chi connectivity index (χ2n) is 13.9. The van der Waals surface area contributed by atoms with Gasteiger partial charge in [0.25, 0.3) is 0 Å². The average Bonchev–Trinajstić information content (AvgIpc) is 3.62. The molecule has 0 radical (unpaired) electrons. The van der Waals surface area contributed by atoms with Gasteiger partial charge in [0.15, 0.2) is 0 Å². The van der Waals surface area contributed by atoms with Gasteiger partial charge in [-0.25, -0.2) is 4.21 Å². The molecule has 1 unspecified atom stereocenters. The second-order valence-corrected chi connectivity index (χ2v) is 16.0. The molecule has 0 fully saturated rings. The molecule has 0 aliphatic carbocycles. The summed E-state index contributed by atoms with van der Waals surface area (Å²) in [7, 11) is -3.17. The lowest BCUT2D eigenvalue weighted by atomic mass is 9.91. The van der Waals surface area contributed by atoms with Crippen LogP contribution in [0.2, 0.25) is 0 Å². The van der Waals surface area contributed by atoms with Crippen LogP contribution in [0.15, 0.2) is 202 Å². The highest BCUT2D eigenvalue weighted by Crippen LogP contribution is 2.50. The van der Waals surface area contributed by atoms with Gasteiger partial charge in [-0.1, -0.05) is 146 Å². The number of hydrogen-bond donors (Lipinski definition) is 0. The van der Waals surface area contributed by atoms with Crippen LogP contribution in [0, 0.1) is 0 Å². The number of benzene rings is 9. The second kappa shape index (κ2) is 11.9. The molecule has 1 atom stereocenters. The Labute approximate surface area is 312 Å². The molecule has 0 bridgehead atoms. The van der Waals surface area contributed by atoms with Gasteiger partial charge in [-0.05, 0) is 91.5 Å². The minimum Gasteiger partial charge on any atom is -0.456 e. The van der Waals surface area contributed by atoms with E-state index in [0.717, 1.165) is 61.0 Å². The van der Waals surface area contributed by atoms with Crippen LogP contribution in [0.1, 0.15) is 16.7 Å². The molecule has 1 aliphatic heterocycles. The third-order valence-corrected chi connectivity index (χ3v) is 13.2. The van der Waals surface area contributed by atoms with Gasteiger partial charge in [0.2, 0.25) is 0 Å². The van der Waals surface area contributed by atoms with Crippen molar-refractivity contribution in [2.24, 2.45) is 4.36 Å². The summed E-state index contributed by atoms with van der Waals surface area (Å²) >= 11 is 0. The van der Waals surface area contributed by atoms with Crippen LogP contribution in [0.25, 0.3) is 75.9 Å². The van der Waals surface area contributed by atoms with E-state index in [9.17, 15) is 0 Å². The van der Waals surface area contributed by atoms with Gasteiger partial charge in [-0.15, -0.1) is 0 Å². The molecule has 11 rings (SSSR count). The smallest absolute Gasteiger partial charge is 0.136 e. The summed E-state index contributed by atoms with van der Waals surface area (Å²) in [6.07, 6.45) is 0. The zero-order valence-corrected chi connectivity index (χ0v) is 29.9. The third kappa shape index (κ3) is 4.57. The summed E-state index contributed by atoms with van der Waals surface area (Å²) in [6, 6.07) is 64.7. The number of nitrogens with zero attached hydrogens (tertiary/aromatic N) is 1. The SMILES string of the molecule is O=S1(c2ccccc2)=Nc2ccccc2C(c2ccccc2)=C1c1cccc2oc3ccc(-c4ccc5c6ccccc6c6ccccc6c5c4)cc3c12. The summed E-state index contributed by atoms with van der Waals surface area (Å²) in [5.74, 6) is 0. The van der Waals surface area contributed by atoms with Crippen LogP contribution in [0.3, 0.4) is 0 Å². The van der Waals surface area contributed by atoms with Crippen LogP contribution in [-0.4, -0.2) is 4.21 Å². The third-order valence-electron chi connectivity index (χ3n) is 10.8. The normalized spacial score (nSPS) is 15.6. The molecule has 4 heteroatoms. The van der Waals surface area contributed by atoms with Crippen molar-refractivity contribution in [1.29, 1.82) is 0 Å². The number of hydrogen-bond acceptors (Lipinski definition) is 3. The summed E-state index contributed by atoms with van der Waals surface area (Å²) < 4.78 is 27.7. The Morgan fingerprint density at radius 2 is 0.963 bits per heavy atom. The monoisotopic (exact) mass is 709 g/mol. The fourth-order valence-corrected chi connectivity index (χ4v) is 10.8. The van der Waals surface area contributed by atoms with E-state index in [-0.39, 0.29) is 0 Å². The molecule has 1 aromatic heterocycles. The van der Waals surface area contributed by atoms with Crippen molar-refractivity contribution in [2.45, 2.75) is 4.90 Å². The van der Waals surface area contributed by atoms with Crippen LogP contribution in [-0.2, 0) is 9.73 Å². The lowest BCUT2D eigenvalue weighted by molar-refractivity contribution is 0.669. The van der Waals surface area contributed by atoms with Gasteiger partial charge in [-0.2, -0.15) is 4.36 Å². The van der Waals surface area contributed by atoms with Crippen LogP contribution in [0.5, 0.6) is 0 Å². The largest absolute Gasteiger partial charge is 0.456 e. The van der Waals surface area contributed by atoms with Crippen molar-refractivity contribution in [3.63, 3.8) is 0 Å². The summed E-state index contributed by atoms with van der Waals surface area (Å²) in [5, 5.41) is 9.36. The van der Waals surface area contributed by atoms with Gasteiger partial charge >= 0.3 is 0 Å². The summed E-state index contributed by atoms with van der Waals surface area (Å²) in [5.41, 5.74) is 8.15. The fraction of sp³-hybridized carbons (Fsp3) is 0. The Morgan fingerprint density at radius 1 is 0.407 bits per heavy atom. The maximum absolute atomic E-state index is 15.9. The van der Waals surface area contributed by atoms with Crippen molar-refractivity contribution >= 4 is 80.2 Å². The van der Waals surface area contributed by atoms with E-state index < -0.39 is 9.73 Å².